The maximum atomic E-state index is 5.67. The van der Waals surface area contributed by atoms with Gasteiger partial charge in [0, 0.05) is 5.56 Å². The zero-order valence-corrected chi connectivity index (χ0v) is 11.2. The summed E-state index contributed by atoms with van der Waals surface area (Å²) in [7, 11) is 0. The van der Waals surface area contributed by atoms with E-state index in [2.05, 4.69) is 31.3 Å². The van der Waals surface area contributed by atoms with Crippen LogP contribution >= 0.6 is 0 Å². The molecular weight excluding hydrogens is 210 g/mol. The lowest BCUT2D eigenvalue weighted by Gasteiger charge is -2.19. The fraction of sp³-hybridized carbons (Fsp3) is 0.600. The third-order valence-electron chi connectivity index (χ3n) is 3.44. The lowest BCUT2D eigenvalue weighted by atomic mass is 9.98. The summed E-state index contributed by atoms with van der Waals surface area (Å²) in [5, 5.41) is 3.65. The normalized spacial score (nSPS) is 17.2. The number of rotatable bonds is 5. The summed E-state index contributed by atoms with van der Waals surface area (Å²) in [6.45, 7) is 7.36. The molecule has 0 radical (unpaired) electrons. The van der Waals surface area contributed by atoms with E-state index in [4.69, 9.17) is 4.42 Å². The molecule has 1 unspecified atom stereocenters. The van der Waals surface area contributed by atoms with E-state index in [0.29, 0.717) is 6.04 Å². The molecule has 0 spiro atoms. The van der Waals surface area contributed by atoms with Crippen LogP contribution in [0.1, 0.15) is 55.7 Å². The van der Waals surface area contributed by atoms with E-state index in [9.17, 15) is 0 Å². The fourth-order valence-electron chi connectivity index (χ4n) is 2.62. The van der Waals surface area contributed by atoms with Crippen LogP contribution in [0.15, 0.2) is 22.1 Å². The molecule has 0 fully saturated rings. The topological polar surface area (TPSA) is 25.2 Å². The van der Waals surface area contributed by atoms with Gasteiger partial charge in [-0.3, -0.25) is 0 Å². The Morgan fingerprint density at radius 3 is 2.76 bits per heavy atom. The third-order valence-corrected chi connectivity index (χ3v) is 3.44. The first kappa shape index (κ1) is 12.4. The zero-order valence-electron chi connectivity index (χ0n) is 11.2. The van der Waals surface area contributed by atoms with Crippen molar-refractivity contribution in [3.8, 4) is 0 Å². The molecule has 1 aromatic heterocycles. The molecule has 0 saturated carbocycles. The molecule has 2 heteroatoms. The summed E-state index contributed by atoms with van der Waals surface area (Å²) in [6.07, 6.45) is 7.32. The molecular formula is C15H23NO. The second kappa shape index (κ2) is 5.54. The molecule has 2 rings (SSSR count). The molecule has 1 aliphatic carbocycles. The van der Waals surface area contributed by atoms with Crippen LogP contribution in [0.5, 0.6) is 0 Å². The molecule has 0 saturated heterocycles. The highest BCUT2D eigenvalue weighted by Crippen LogP contribution is 2.33. The average Bonchev–Trinajstić information content (AvgIpc) is 2.90. The highest BCUT2D eigenvalue weighted by Gasteiger charge is 2.22. The van der Waals surface area contributed by atoms with Gasteiger partial charge in [-0.15, -0.1) is 0 Å². The number of nitrogens with one attached hydrogen (secondary N) is 1. The minimum atomic E-state index is 0.370. The Morgan fingerprint density at radius 1 is 1.41 bits per heavy atom. The number of aryl methyl sites for hydroxylation is 2. The van der Waals surface area contributed by atoms with Gasteiger partial charge in [-0.25, -0.2) is 0 Å². The van der Waals surface area contributed by atoms with E-state index < -0.39 is 0 Å². The van der Waals surface area contributed by atoms with Gasteiger partial charge in [-0.2, -0.15) is 0 Å². The fourth-order valence-corrected chi connectivity index (χ4v) is 2.62. The van der Waals surface area contributed by atoms with Crippen LogP contribution < -0.4 is 5.32 Å². The van der Waals surface area contributed by atoms with Crippen molar-refractivity contribution in [2.45, 2.75) is 52.5 Å². The first-order valence-corrected chi connectivity index (χ1v) is 6.71. The summed E-state index contributed by atoms with van der Waals surface area (Å²) in [4.78, 5) is 0. The molecule has 2 nitrogen and oxygen atoms in total. The standard InChI is InChI=1S/C15H23NO/c1-4-9-16-15(13-7-5-6-8-13)14-10-11(2)17-12(14)3/h7,10,15-16H,4-6,8-9H2,1-3H3. The molecule has 1 aromatic rings. The third kappa shape index (κ3) is 2.81. The predicted octanol–water partition coefficient (Wildman–Crippen LogP) is 4.05. The predicted molar refractivity (Wildman–Crippen MR) is 71.2 cm³/mol. The molecule has 0 aliphatic heterocycles. The maximum Gasteiger partial charge on any atom is 0.106 e. The Kier molecular flexibility index (Phi) is 4.06. The van der Waals surface area contributed by atoms with E-state index in [1.54, 1.807) is 5.57 Å². The van der Waals surface area contributed by atoms with Crippen molar-refractivity contribution in [3.05, 3.63) is 34.8 Å². The van der Waals surface area contributed by atoms with E-state index in [-0.39, 0.29) is 0 Å². The lowest BCUT2D eigenvalue weighted by molar-refractivity contribution is 0.491. The summed E-state index contributed by atoms with van der Waals surface area (Å²) >= 11 is 0. The number of hydrogen-bond donors (Lipinski definition) is 1. The van der Waals surface area contributed by atoms with Crippen LogP contribution in [0.2, 0.25) is 0 Å². The largest absolute Gasteiger partial charge is 0.466 e. The monoisotopic (exact) mass is 233 g/mol. The van der Waals surface area contributed by atoms with E-state index in [0.717, 1.165) is 18.1 Å². The van der Waals surface area contributed by atoms with Crippen LogP contribution in [0.4, 0.5) is 0 Å². The van der Waals surface area contributed by atoms with Crippen LogP contribution in [0.3, 0.4) is 0 Å². The smallest absolute Gasteiger partial charge is 0.106 e. The molecule has 0 aromatic carbocycles. The average molecular weight is 233 g/mol. The maximum absolute atomic E-state index is 5.67. The summed E-state index contributed by atoms with van der Waals surface area (Å²) < 4.78 is 5.67. The van der Waals surface area contributed by atoms with Crippen LogP contribution in [0, 0.1) is 13.8 Å². The van der Waals surface area contributed by atoms with Crippen LogP contribution in [0.25, 0.3) is 0 Å². The zero-order chi connectivity index (χ0) is 12.3. The molecule has 1 aliphatic rings. The van der Waals surface area contributed by atoms with E-state index in [1.165, 1.54) is 31.2 Å². The van der Waals surface area contributed by atoms with Crippen LogP contribution in [-0.2, 0) is 0 Å². The van der Waals surface area contributed by atoms with Crippen LogP contribution in [-0.4, -0.2) is 6.54 Å². The van der Waals surface area contributed by atoms with Gasteiger partial charge >= 0.3 is 0 Å². The van der Waals surface area contributed by atoms with E-state index in [1.807, 2.05) is 6.92 Å². The van der Waals surface area contributed by atoms with Gasteiger partial charge in [0.15, 0.2) is 0 Å². The van der Waals surface area contributed by atoms with Crippen molar-refractivity contribution in [3.63, 3.8) is 0 Å². The van der Waals surface area contributed by atoms with Gasteiger partial charge in [-0.05, 0) is 52.1 Å². The van der Waals surface area contributed by atoms with Crippen molar-refractivity contribution in [2.75, 3.05) is 6.54 Å². The van der Waals surface area contributed by atoms with Crippen molar-refractivity contribution >= 4 is 0 Å². The quantitative estimate of drug-likeness (QED) is 0.776. The Balaban J connectivity index is 2.22. The molecule has 1 N–H and O–H groups in total. The lowest BCUT2D eigenvalue weighted by Crippen LogP contribution is -2.23. The second-order valence-electron chi connectivity index (χ2n) is 4.93. The Hall–Kier alpha value is -1.02. The first-order valence-electron chi connectivity index (χ1n) is 6.71. The van der Waals surface area contributed by atoms with Crippen molar-refractivity contribution in [1.82, 2.24) is 5.32 Å². The molecule has 94 valence electrons. The summed E-state index contributed by atoms with van der Waals surface area (Å²) in [5.74, 6) is 2.07. The minimum absolute atomic E-state index is 0.370. The Bertz CT molecular complexity index is 403. The van der Waals surface area contributed by atoms with Gasteiger partial charge in [0.2, 0.25) is 0 Å². The van der Waals surface area contributed by atoms with Gasteiger partial charge in [-0.1, -0.05) is 18.6 Å². The number of furan rings is 1. The SMILES string of the molecule is CCCNC(C1=CCCC1)c1cc(C)oc1C. The van der Waals surface area contributed by atoms with Gasteiger partial charge in [0.1, 0.15) is 11.5 Å². The second-order valence-corrected chi connectivity index (χ2v) is 4.93. The Labute approximate surface area is 104 Å². The minimum Gasteiger partial charge on any atom is -0.466 e. The van der Waals surface area contributed by atoms with Crippen molar-refractivity contribution in [2.24, 2.45) is 0 Å². The molecule has 1 atom stereocenters. The molecule has 0 bridgehead atoms. The number of allylic oxidation sites excluding steroid dienone is 1. The van der Waals surface area contributed by atoms with E-state index >= 15 is 0 Å². The molecule has 1 heterocycles. The van der Waals surface area contributed by atoms with Crippen molar-refractivity contribution < 1.29 is 4.42 Å². The highest BCUT2D eigenvalue weighted by molar-refractivity contribution is 5.33. The van der Waals surface area contributed by atoms with Gasteiger partial charge < -0.3 is 9.73 Å². The molecule has 17 heavy (non-hydrogen) atoms. The van der Waals surface area contributed by atoms with Crippen molar-refractivity contribution in [1.29, 1.82) is 0 Å². The summed E-state index contributed by atoms with van der Waals surface area (Å²) in [5.41, 5.74) is 2.87. The Morgan fingerprint density at radius 2 is 2.24 bits per heavy atom. The van der Waals surface area contributed by atoms with Gasteiger partial charge in [0.25, 0.3) is 0 Å². The summed E-state index contributed by atoms with van der Waals surface area (Å²) in [6, 6.07) is 2.55. The van der Waals surface area contributed by atoms with Gasteiger partial charge in [0.05, 0.1) is 6.04 Å². The first-order chi connectivity index (χ1) is 8.22. The molecule has 0 amide bonds. The highest BCUT2D eigenvalue weighted by atomic mass is 16.3. The number of hydrogen-bond acceptors (Lipinski definition) is 2.